The van der Waals surface area contributed by atoms with E-state index < -0.39 is 0 Å². The predicted octanol–water partition coefficient (Wildman–Crippen LogP) is 10.0. The van der Waals surface area contributed by atoms with Crippen LogP contribution in [0, 0.1) is 11.3 Å². The molecule has 4 heteroatoms. The maximum absolute atomic E-state index is 9.79. The molecule has 41 heavy (non-hydrogen) atoms. The van der Waals surface area contributed by atoms with Crippen LogP contribution in [0.25, 0.3) is 75.6 Å². The second kappa shape index (κ2) is 9.38. The molecule has 8 rings (SSSR count). The van der Waals surface area contributed by atoms with Crippen LogP contribution < -0.4 is 0 Å². The van der Waals surface area contributed by atoms with Gasteiger partial charge in [-0.25, -0.2) is 9.97 Å². The standard InChI is InChI=1S/C37H21N3S/c38-22-27-9-4-5-10-28(27)29-11-6-12-34-35(29)30-21-26(17-20-33(30)41-34)32-19-16-25-14-13-24-15-18-31(23-7-2-1-3-8-23)39-36(24)37(25)40-32/h1-21H. The summed E-state index contributed by atoms with van der Waals surface area (Å²) < 4.78 is 2.42. The number of pyridine rings is 2. The lowest BCUT2D eigenvalue weighted by atomic mass is 9.95. The lowest BCUT2D eigenvalue weighted by Gasteiger charge is -2.09. The maximum Gasteiger partial charge on any atom is 0.0998 e. The molecule has 0 unspecified atom stereocenters. The van der Waals surface area contributed by atoms with Gasteiger partial charge < -0.3 is 0 Å². The zero-order valence-electron chi connectivity index (χ0n) is 21.9. The first-order valence-corrected chi connectivity index (χ1v) is 14.3. The largest absolute Gasteiger partial charge is 0.245 e. The molecule has 0 radical (unpaired) electrons. The maximum atomic E-state index is 9.79. The van der Waals surface area contributed by atoms with Crippen LogP contribution in [-0.2, 0) is 0 Å². The smallest absolute Gasteiger partial charge is 0.0998 e. The van der Waals surface area contributed by atoms with Crippen molar-refractivity contribution < 1.29 is 0 Å². The van der Waals surface area contributed by atoms with E-state index in [0.717, 1.165) is 55.4 Å². The minimum atomic E-state index is 0.681. The number of benzene rings is 5. The van der Waals surface area contributed by atoms with Crippen molar-refractivity contribution in [1.29, 1.82) is 5.26 Å². The molecule has 190 valence electrons. The highest BCUT2D eigenvalue weighted by Crippen LogP contribution is 2.42. The summed E-state index contributed by atoms with van der Waals surface area (Å²) in [6.07, 6.45) is 0. The van der Waals surface area contributed by atoms with Crippen molar-refractivity contribution in [2.75, 3.05) is 0 Å². The molecule has 0 saturated heterocycles. The van der Waals surface area contributed by atoms with Crippen LogP contribution in [0.5, 0.6) is 0 Å². The van der Waals surface area contributed by atoms with E-state index in [9.17, 15) is 5.26 Å². The highest BCUT2D eigenvalue weighted by Gasteiger charge is 2.15. The van der Waals surface area contributed by atoms with Crippen LogP contribution in [-0.4, -0.2) is 9.97 Å². The Hall–Kier alpha value is -5.37. The molecule has 0 spiro atoms. The van der Waals surface area contributed by atoms with Crippen molar-refractivity contribution >= 4 is 53.3 Å². The van der Waals surface area contributed by atoms with Gasteiger partial charge in [0.05, 0.1) is 34.1 Å². The number of rotatable bonds is 3. The van der Waals surface area contributed by atoms with Crippen LogP contribution in [0.15, 0.2) is 127 Å². The molecule has 0 atom stereocenters. The van der Waals surface area contributed by atoms with E-state index in [2.05, 4.69) is 91.0 Å². The molecule has 0 N–H and O–H groups in total. The van der Waals surface area contributed by atoms with Crippen LogP contribution in [0.1, 0.15) is 5.56 Å². The molecule has 0 aliphatic carbocycles. The Labute approximate surface area is 240 Å². The van der Waals surface area contributed by atoms with Crippen molar-refractivity contribution in [2.24, 2.45) is 0 Å². The number of thiophene rings is 1. The van der Waals surface area contributed by atoms with Crippen LogP contribution in [0.4, 0.5) is 0 Å². The van der Waals surface area contributed by atoms with Gasteiger partial charge >= 0.3 is 0 Å². The lowest BCUT2D eigenvalue weighted by Crippen LogP contribution is -1.91. The van der Waals surface area contributed by atoms with E-state index in [1.54, 1.807) is 11.3 Å². The first kappa shape index (κ1) is 23.5. The Bertz CT molecular complexity index is 2330. The highest BCUT2D eigenvalue weighted by atomic mass is 32.1. The summed E-state index contributed by atoms with van der Waals surface area (Å²) in [6.45, 7) is 0. The topological polar surface area (TPSA) is 49.6 Å². The molecule has 0 aliphatic heterocycles. The summed E-state index contributed by atoms with van der Waals surface area (Å²) in [4.78, 5) is 10.3. The molecule has 8 aromatic rings. The zero-order valence-corrected chi connectivity index (χ0v) is 22.7. The second-order valence-corrected chi connectivity index (χ2v) is 11.2. The molecule has 3 nitrogen and oxygen atoms in total. The molecule has 0 aliphatic rings. The van der Waals surface area contributed by atoms with Crippen molar-refractivity contribution in [3.05, 3.63) is 133 Å². The molecular formula is C37H21N3S. The van der Waals surface area contributed by atoms with E-state index in [4.69, 9.17) is 9.97 Å². The van der Waals surface area contributed by atoms with E-state index >= 15 is 0 Å². The summed E-state index contributed by atoms with van der Waals surface area (Å²) in [5, 5.41) is 14.3. The number of nitrogens with zero attached hydrogens (tertiary/aromatic N) is 3. The highest BCUT2D eigenvalue weighted by molar-refractivity contribution is 7.26. The third kappa shape index (κ3) is 3.87. The number of fused-ring (bicyclic) bond motifs is 6. The van der Waals surface area contributed by atoms with Crippen molar-refractivity contribution in [2.45, 2.75) is 0 Å². The first-order valence-electron chi connectivity index (χ1n) is 13.5. The summed E-state index contributed by atoms with van der Waals surface area (Å²) in [7, 11) is 0. The summed E-state index contributed by atoms with van der Waals surface area (Å²) in [5.74, 6) is 0. The summed E-state index contributed by atoms with van der Waals surface area (Å²) >= 11 is 1.78. The molecule has 0 bridgehead atoms. The van der Waals surface area contributed by atoms with Crippen molar-refractivity contribution in [3.8, 4) is 39.7 Å². The van der Waals surface area contributed by atoms with Gasteiger partial charge in [0.15, 0.2) is 0 Å². The predicted molar refractivity (Wildman–Crippen MR) is 171 cm³/mol. The lowest BCUT2D eigenvalue weighted by molar-refractivity contribution is 1.37. The van der Waals surface area contributed by atoms with Gasteiger partial charge in [0.2, 0.25) is 0 Å². The molecule has 0 fully saturated rings. The zero-order chi connectivity index (χ0) is 27.3. The Morgan fingerprint density at radius 1 is 0.537 bits per heavy atom. The number of hydrogen-bond acceptors (Lipinski definition) is 4. The van der Waals surface area contributed by atoms with Gasteiger partial charge in [0.1, 0.15) is 0 Å². The Kier molecular flexibility index (Phi) is 5.38. The number of hydrogen-bond donors (Lipinski definition) is 0. The van der Waals surface area contributed by atoms with E-state index in [1.807, 2.05) is 42.5 Å². The fourth-order valence-electron chi connectivity index (χ4n) is 5.72. The van der Waals surface area contributed by atoms with Crippen LogP contribution in [0.3, 0.4) is 0 Å². The average Bonchev–Trinajstić information content (AvgIpc) is 3.43. The van der Waals surface area contributed by atoms with Crippen LogP contribution in [0.2, 0.25) is 0 Å². The SMILES string of the molecule is N#Cc1ccccc1-c1cccc2sc3ccc(-c4ccc5ccc6ccc(-c7ccccc7)nc6c5n4)cc3c12. The molecule has 3 heterocycles. The quantitative estimate of drug-likeness (QED) is 0.210. The van der Waals surface area contributed by atoms with E-state index in [1.165, 1.54) is 20.2 Å². The van der Waals surface area contributed by atoms with Gasteiger partial charge in [-0.05, 0) is 42.0 Å². The van der Waals surface area contributed by atoms with Gasteiger partial charge in [-0.15, -0.1) is 11.3 Å². The molecule has 5 aromatic carbocycles. The van der Waals surface area contributed by atoms with Gasteiger partial charge in [-0.2, -0.15) is 5.26 Å². The molecule has 0 saturated carbocycles. The molecular weight excluding hydrogens is 518 g/mol. The second-order valence-electron chi connectivity index (χ2n) is 10.1. The molecule has 3 aromatic heterocycles. The minimum absolute atomic E-state index is 0.681. The fourth-order valence-corrected chi connectivity index (χ4v) is 6.84. The summed E-state index contributed by atoms with van der Waals surface area (Å²) in [5.41, 5.74) is 8.52. The van der Waals surface area contributed by atoms with Gasteiger partial charge in [-0.3, -0.25) is 0 Å². The van der Waals surface area contributed by atoms with E-state index in [-0.39, 0.29) is 0 Å². The third-order valence-electron chi connectivity index (χ3n) is 7.72. The van der Waals surface area contributed by atoms with Gasteiger partial charge in [0.25, 0.3) is 0 Å². The Morgan fingerprint density at radius 3 is 1.95 bits per heavy atom. The minimum Gasteiger partial charge on any atom is -0.245 e. The summed E-state index contributed by atoms with van der Waals surface area (Å²) in [6, 6.07) is 46.1. The first-order chi connectivity index (χ1) is 20.3. The monoisotopic (exact) mass is 539 g/mol. The number of aromatic nitrogens is 2. The normalized spacial score (nSPS) is 11.4. The Morgan fingerprint density at radius 2 is 1.20 bits per heavy atom. The van der Waals surface area contributed by atoms with E-state index in [0.29, 0.717) is 5.56 Å². The molecule has 0 amide bonds. The van der Waals surface area contributed by atoms with Crippen LogP contribution >= 0.6 is 11.3 Å². The van der Waals surface area contributed by atoms with Gasteiger partial charge in [-0.1, -0.05) is 91.0 Å². The Balaban J connectivity index is 1.33. The van der Waals surface area contributed by atoms with Crippen molar-refractivity contribution in [1.82, 2.24) is 9.97 Å². The fraction of sp³-hybridized carbons (Fsp3) is 0. The third-order valence-corrected chi connectivity index (χ3v) is 8.85. The van der Waals surface area contributed by atoms with Crippen molar-refractivity contribution in [3.63, 3.8) is 0 Å². The van der Waals surface area contributed by atoms with Gasteiger partial charge in [0, 0.05) is 47.6 Å². The number of nitriles is 1. The average molecular weight is 540 g/mol.